The van der Waals surface area contributed by atoms with Crippen molar-refractivity contribution in [1.29, 1.82) is 0 Å². The summed E-state index contributed by atoms with van der Waals surface area (Å²) in [5.74, 6) is 0.849. The molecule has 3 atom stereocenters. The lowest BCUT2D eigenvalue weighted by Gasteiger charge is -2.33. The fourth-order valence-corrected chi connectivity index (χ4v) is 3.87. The average Bonchev–Trinajstić information content (AvgIpc) is 2.65. The summed E-state index contributed by atoms with van der Waals surface area (Å²) in [6.45, 7) is 2.36. The Hall–Kier alpha value is -0.480. The van der Waals surface area contributed by atoms with Gasteiger partial charge in [0.05, 0.1) is 0 Å². The molecule has 4 heteroatoms. The topological polar surface area (TPSA) is 29.9 Å². The molecule has 0 spiro atoms. The summed E-state index contributed by atoms with van der Waals surface area (Å²) in [7, 11) is 4.14. The second kappa shape index (κ2) is 5.23. The van der Waals surface area contributed by atoms with Gasteiger partial charge < -0.3 is 9.88 Å². The van der Waals surface area contributed by atoms with Crippen LogP contribution in [0.4, 0.5) is 0 Å². The van der Waals surface area contributed by atoms with E-state index in [0.717, 1.165) is 11.1 Å². The van der Waals surface area contributed by atoms with Gasteiger partial charge in [-0.05, 0) is 32.2 Å². The molecular formula is C12H21N3S. The van der Waals surface area contributed by atoms with E-state index in [0.29, 0.717) is 11.3 Å². The fraction of sp³-hybridized carbons (Fsp3) is 0.750. The van der Waals surface area contributed by atoms with Crippen molar-refractivity contribution < 1.29 is 0 Å². The molecule has 0 aromatic carbocycles. The van der Waals surface area contributed by atoms with Crippen molar-refractivity contribution in [3.8, 4) is 0 Å². The number of aryl methyl sites for hydroxylation is 1. The van der Waals surface area contributed by atoms with Gasteiger partial charge in [0.15, 0.2) is 5.16 Å². The number of aromatic nitrogens is 2. The summed E-state index contributed by atoms with van der Waals surface area (Å²) in [5.41, 5.74) is 0. The molecule has 3 unspecified atom stereocenters. The monoisotopic (exact) mass is 239 g/mol. The molecular weight excluding hydrogens is 218 g/mol. The first kappa shape index (κ1) is 12.0. The van der Waals surface area contributed by atoms with E-state index in [9.17, 15) is 0 Å². The van der Waals surface area contributed by atoms with Crippen LogP contribution in [0, 0.1) is 5.92 Å². The molecule has 1 aliphatic rings. The molecule has 0 aliphatic heterocycles. The minimum absolute atomic E-state index is 0.637. The van der Waals surface area contributed by atoms with Crippen LogP contribution in [-0.4, -0.2) is 27.9 Å². The molecule has 1 N–H and O–H groups in total. The summed E-state index contributed by atoms with van der Waals surface area (Å²) in [4.78, 5) is 4.40. The molecule has 1 aromatic rings. The highest BCUT2D eigenvalue weighted by Crippen LogP contribution is 2.35. The maximum atomic E-state index is 4.40. The SMILES string of the molecule is CNC1CCC(C)CC1Sc1nccn1C. The predicted octanol–water partition coefficient (Wildman–Crippen LogP) is 2.29. The normalized spacial score (nSPS) is 30.6. The van der Waals surface area contributed by atoms with Crippen molar-refractivity contribution in [3.63, 3.8) is 0 Å². The molecule has 0 amide bonds. The molecule has 0 saturated heterocycles. The van der Waals surface area contributed by atoms with Crippen LogP contribution in [0.3, 0.4) is 0 Å². The highest BCUT2D eigenvalue weighted by molar-refractivity contribution is 7.99. The molecule has 0 radical (unpaired) electrons. The molecule has 1 saturated carbocycles. The highest BCUT2D eigenvalue weighted by Gasteiger charge is 2.29. The third-order valence-corrected chi connectivity index (χ3v) is 4.89. The van der Waals surface area contributed by atoms with E-state index in [1.807, 2.05) is 24.2 Å². The molecule has 90 valence electrons. The Morgan fingerprint density at radius 3 is 2.94 bits per heavy atom. The van der Waals surface area contributed by atoms with E-state index in [1.54, 1.807) is 0 Å². The van der Waals surface area contributed by atoms with Crippen LogP contribution < -0.4 is 5.32 Å². The Balaban J connectivity index is 2.03. The number of nitrogens with zero attached hydrogens (tertiary/aromatic N) is 2. The van der Waals surface area contributed by atoms with Crippen LogP contribution in [0.5, 0.6) is 0 Å². The van der Waals surface area contributed by atoms with Crippen molar-refractivity contribution in [3.05, 3.63) is 12.4 Å². The van der Waals surface area contributed by atoms with Crippen LogP contribution in [0.25, 0.3) is 0 Å². The zero-order valence-corrected chi connectivity index (χ0v) is 11.1. The Labute approximate surface area is 102 Å². The largest absolute Gasteiger partial charge is 0.329 e. The summed E-state index contributed by atoms with van der Waals surface area (Å²) in [5, 5.41) is 5.25. The predicted molar refractivity (Wildman–Crippen MR) is 68.7 cm³/mol. The Bertz CT molecular complexity index is 337. The summed E-state index contributed by atoms with van der Waals surface area (Å²) >= 11 is 1.92. The third-order valence-electron chi connectivity index (χ3n) is 3.46. The number of nitrogens with one attached hydrogen (secondary N) is 1. The number of rotatable bonds is 3. The van der Waals surface area contributed by atoms with Crippen LogP contribution in [0.2, 0.25) is 0 Å². The zero-order chi connectivity index (χ0) is 11.5. The molecule has 1 heterocycles. The van der Waals surface area contributed by atoms with E-state index in [-0.39, 0.29) is 0 Å². The van der Waals surface area contributed by atoms with Crippen LogP contribution in [0.15, 0.2) is 17.6 Å². The average molecular weight is 239 g/mol. The fourth-order valence-electron chi connectivity index (χ4n) is 2.39. The van der Waals surface area contributed by atoms with Gasteiger partial charge >= 0.3 is 0 Å². The van der Waals surface area contributed by atoms with Crippen molar-refractivity contribution in [2.24, 2.45) is 13.0 Å². The van der Waals surface area contributed by atoms with Crippen molar-refractivity contribution in [1.82, 2.24) is 14.9 Å². The maximum Gasteiger partial charge on any atom is 0.167 e. The Morgan fingerprint density at radius 2 is 2.31 bits per heavy atom. The first-order valence-corrected chi connectivity index (χ1v) is 6.90. The van der Waals surface area contributed by atoms with Gasteiger partial charge in [-0.3, -0.25) is 0 Å². The zero-order valence-electron chi connectivity index (χ0n) is 10.3. The smallest absolute Gasteiger partial charge is 0.167 e. The molecule has 2 rings (SSSR count). The van der Waals surface area contributed by atoms with E-state index >= 15 is 0 Å². The molecule has 1 aliphatic carbocycles. The van der Waals surface area contributed by atoms with Crippen molar-refractivity contribution in [2.75, 3.05) is 7.05 Å². The second-order valence-corrected chi connectivity index (χ2v) is 6.00. The molecule has 1 fully saturated rings. The molecule has 3 nitrogen and oxygen atoms in total. The lowest BCUT2D eigenvalue weighted by Crippen LogP contribution is -2.40. The maximum absolute atomic E-state index is 4.40. The first-order chi connectivity index (χ1) is 7.70. The summed E-state index contributed by atoms with van der Waals surface area (Å²) < 4.78 is 2.11. The first-order valence-electron chi connectivity index (χ1n) is 6.02. The number of hydrogen-bond donors (Lipinski definition) is 1. The van der Waals surface area contributed by atoms with Gasteiger partial charge in [-0.15, -0.1) is 0 Å². The molecule has 0 bridgehead atoms. The van der Waals surface area contributed by atoms with E-state index in [1.165, 1.54) is 19.3 Å². The molecule has 16 heavy (non-hydrogen) atoms. The Kier molecular flexibility index (Phi) is 3.92. The van der Waals surface area contributed by atoms with Crippen LogP contribution in [0.1, 0.15) is 26.2 Å². The van der Waals surface area contributed by atoms with Gasteiger partial charge in [0.25, 0.3) is 0 Å². The number of hydrogen-bond acceptors (Lipinski definition) is 3. The van der Waals surface area contributed by atoms with Crippen molar-refractivity contribution in [2.45, 2.75) is 42.6 Å². The van der Waals surface area contributed by atoms with Gasteiger partial charge in [-0.2, -0.15) is 0 Å². The number of imidazole rings is 1. The van der Waals surface area contributed by atoms with Crippen LogP contribution >= 0.6 is 11.8 Å². The van der Waals surface area contributed by atoms with E-state index in [2.05, 4.69) is 35.9 Å². The van der Waals surface area contributed by atoms with Crippen molar-refractivity contribution >= 4 is 11.8 Å². The summed E-state index contributed by atoms with van der Waals surface area (Å²) in [6.07, 6.45) is 7.83. The quantitative estimate of drug-likeness (QED) is 0.877. The van der Waals surface area contributed by atoms with Gasteiger partial charge in [-0.25, -0.2) is 4.98 Å². The highest BCUT2D eigenvalue weighted by atomic mass is 32.2. The minimum Gasteiger partial charge on any atom is -0.329 e. The number of thioether (sulfide) groups is 1. The minimum atomic E-state index is 0.637. The van der Waals surface area contributed by atoms with Crippen LogP contribution in [-0.2, 0) is 7.05 Å². The lowest BCUT2D eigenvalue weighted by molar-refractivity contribution is 0.328. The van der Waals surface area contributed by atoms with Gasteiger partial charge in [0.2, 0.25) is 0 Å². The van der Waals surface area contributed by atoms with E-state index < -0.39 is 0 Å². The van der Waals surface area contributed by atoms with Gasteiger partial charge in [0, 0.05) is 30.7 Å². The van der Waals surface area contributed by atoms with Gasteiger partial charge in [-0.1, -0.05) is 18.7 Å². The van der Waals surface area contributed by atoms with Gasteiger partial charge in [0.1, 0.15) is 0 Å². The molecule has 1 aromatic heterocycles. The van der Waals surface area contributed by atoms with E-state index in [4.69, 9.17) is 0 Å². The Morgan fingerprint density at radius 1 is 1.50 bits per heavy atom. The standard InChI is InChI=1S/C12H21N3S/c1-9-4-5-10(13-2)11(8-9)16-12-14-6-7-15(12)3/h6-7,9-11,13H,4-5,8H2,1-3H3. The second-order valence-electron chi connectivity index (χ2n) is 4.79. The third kappa shape index (κ3) is 2.61. The lowest BCUT2D eigenvalue weighted by atomic mass is 9.87. The summed E-state index contributed by atoms with van der Waals surface area (Å²) in [6, 6.07) is 0.637.